The van der Waals surface area contributed by atoms with Gasteiger partial charge in [0.25, 0.3) is 0 Å². The Morgan fingerprint density at radius 3 is 2.03 bits per heavy atom. The molecule has 1 aliphatic carbocycles. The lowest BCUT2D eigenvalue weighted by Crippen LogP contribution is -2.57. The molecule has 184 valence electrons. The Balaban J connectivity index is 1.38. The zero-order valence-electron chi connectivity index (χ0n) is 19.4. The first-order valence-corrected chi connectivity index (χ1v) is 11.5. The summed E-state index contributed by atoms with van der Waals surface area (Å²) in [5.41, 5.74) is 4.28. The molecule has 4 amide bonds. The molecule has 0 saturated carbocycles. The summed E-state index contributed by atoms with van der Waals surface area (Å²) in [4.78, 5) is 51.8. The largest absolute Gasteiger partial charge is 0.481 e. The van der Waals surface area contributed by atoms with Crippen LogP contribution in [-0.2, 0) is 14.3 Å². The number of alkyl carbamates (subject to hydrolysis) is 1. The number of urea groups is 1. The van der Waals surface area contributed by atoms with E-state index in [0.717, 1.165) is 22.3 Å². The van der Waals surface area contributed by atoms with E-state index < -0.39 is 30.4 Å². The average molecular weight is 481 g/mol. The van der Waals surface area contributed by atoms with Crippen LogP contribution in [0.15, 0.2) is 48.5 Å². The van der Waals surface area contributed by atoms with Crippen molar-refractivity contribution >= 4 is 24.0 Å². The van der Waals surface area contributed by atoms with E-state index in [1.807, 2.05) is 48.5 Å². The molecule has 1 unspecified atom stereocenters. The second kappa shape index (κ2) is 10.5. The van der Waals surface area contributed by atoms with Crippen LogP contribution in [0.1, 0.15) is 23.5 Å². The Kier molecular flexibility index (Phi) is 7.19. The van der Waals surface area contributed by atoms with Gasteiger partial charge >= 0.3 is 18.1 Å². The summed E-state index contributed by atoms with van der Waals surface area (Å²) < 4.78 is 5.48. The van der Waals surface area contributed by atoms with Gasteiger partial charge in [0.1, 0.15) is 12.6 Å². The van der Waals surface area contributed by atoms with Crippen molar-refractivity contribution in [2.75, 3.05) is 39.8 Å². The predicted octanol–water partition coefficient (Wildman–Crippen LogP) is 1.85. The number of amides is 4. The summed E-state index contributed by atoms with van der Waals surface area (Å²) in [6, 6.07) is 14.3. The maximum absolute atomic E-state index is 13.0. The molecule has 10 heteroatoms. The highest BCUT2D eigenvalue weighted by molar-refractivity contribution is 5.89. The number of nitrogens with one attached hydrogen (secondary N) is 2. The molecule has 1 aliphatic heterocycles. The summed E-state index contributed by atoms with van der Waals surface area (Å²) in [5, 5.41) is 14.3. The molecule has 35 heavy (non-hydrogen) atoms. The van der Waals surface area contributed by atoms with Crippen molar-refractivity contribution < 1.29 is 29.0 Å². The lowest BCUT2D eigenvalue weighted by molar-refractivity contribution is -0.143. The molecule has 2 aliphatic rings. The van der Waals surface area contributed by atoms with Crippen molar-refractivity contribution in [3.8, 4) is 11.1 Å². The lowest BCUT2D eigenvalue weighted by Gasteiger charge is -2.36. The van der Waals surface area contributed by atoms with Gasteiger partial charge in [0.05, 0.1) is 6.42 Å². The Bertz CT molecular complexity index is 1080. The molecule has 0 radical (unpaired) electrons. The van der Waals surface area contributed by atoms with Gasteiger partial charge in [0.2, 0.25) is 5.91 Å². The van der Waals surface area contributed by atoms with Crippen molar-refractivity contribution in [1.82, 2.24) is 20.4 Å². The van der Waals surface area contributed by atoms with Crippen LogP contribution in [0.2, 0.25) is 0 Å². The van der Waals surface area contributed by atoms with Gasteiger partial charge in [-0.2, -0.15) is 0 Å². The minimum Gasteiger partial charge on any atom is -0.481 e. The summed E-state index contributed by atoms with van der Waals surface area (Å²) in [5.74, 6) is -1.89. The van der Waals surface area contributed by atoms with Gasteiger partial charge in [-0.15, -0.1) is 0 Å². The number of nitrogens with zero attached hydrogens (tertiary/aromatic N) is 2. The minimum absolute atomic E-state index is 0.0542. The SMILES string of the molecule is CNC(=O)N1CCN(C(=O)C(CC(=O)O)NC(=O)OCC2c3ccccc3-c3ccccc32)CC1. The predicted molar refractivity (Wildman–Crippen MR) is 127 cm³/mol. The van der Waals surface area contributed by atoms with E-state index >= 15 is 0 Å². The number of ether oxygens (including phenoxy) is 1. The van der Waals surface area contributed by atoms with Gasteiger partial charge in [-0.1, -0.05) is 48.5 Å². The molecule has 4 rings (SSSR count). The number of carboxylic acid groups (broad SMARTS) is 1. The van der Waals surface area contributed by atoms with Gasteiger partial charge in [-0.05, 0) is 22.3 Å². The topological polar surface area (TPSA) is 128 Å². The van der Waals surface area contributed by atoms with Crippen LogP contribution < -0.4 is 10.6 Å². The van der Waals surface area contributed by atoms with Crippen molar-refractivity contribution in [3.05, 3.63) is 59.7 Å². The van der Waals surface area contributed by atoms with Crippen molar-refractivity contribution in [2.24, 2.45) is 0 Å². The first kappa shape index (κ1) is 24.1. The number of piperazine rings is 1. The third-order valence-corrected chi connectivity index (χ3v) is 6.41. The lowest BCUT2D eigenvalue weighted by atomic mass is 9.98. The molecule has 1 heterocycles. The molecule has 1 atom stereocenters. The van der Waals surface area contributed by atoms with E-state index in [2.05, 4.69) is 10.6 Å². The van der Waals surface area contributed by atoms with Gasteiger partial charge in [0.15, 0.2) is 0 Å². The first-order chi connectivity index (χ1) is 16.9. The fourth-order valence-electron chi connectivity index (χ4n) is 4.67. The van der Waals surface area contributed by atoms with Crippen LogP contribution in [0.25, 0.3) is 11.1 Å². The standard InChI is InChI=1S/C25H28N4O6/c1-26-24(33)29-12-10-28(11-13-29)23(32)21(14-22(30)31)27-25(34)35-15-20-18-8-4-2-6-16(18)17-7-3-5-9-19(17)20/h2-9,20-21H,10-15H2,1H3,(H,26,33)(H,27,34)(H,30,31). The molecule has 10 nitrogen and oxygen atoms in total. The highest BCUT2D eigenvalue weighted by Crippen LogP contribution is 2.44. The van der Waals surface area contributed by atoms with Gasteiger partial charge in [-0.25, -0.2) is 9.59 Å². The molecule has 0 aromatic heterocycles. The van der Waals surface area contributed by atoms with Gasteiger partial charge in [-0.3, -0.25) is 9.59 Å². The van der Waals surface area contributed by atoms with E-state index in [1.165, 1.54) is 11.9 Å². The van der Waals surface area contributed by atoms with E-state index in [0.29, 0.717) is 13.1 Å². The number of fused-ring (bicyclic) bond motifs is 3. The highest BCUT2D eigenvalue weighted by Gasteiger charge is 2.33. The highest BCUT2D eigenvalue weighted by atomic mass is 16.5. The van der Waals surface area contributed by atoms with Crippen molar-refractivity contribution in [3.63, 3.8) is 0 Å². The number of rotatable bonds is 6. The Labute approximate surface area is 202 Å². The summed E-state index contributed by atoms with van der Waals surface area (Å²) in [7, 11) is 1.53. The first-order valence-electron chi connectivity index (χ1n) is 11.5. The number of benzene rings is 2. The third kappa shape index (κ3) is 5.21. The quantitative estimate of drug-likeness (QED) is 0.579. The molecule has 0 bridgehead atoms. The summed E-state index contributed by atoms with van der Waals surface area (Å²) >= 11 is 0. The van der Waals surface area contributed by atoms with Crippen LogP contribution in [-0.4, -0.2) is 84.8 Å². The molecule has 1 saturated heterocycles. The van der Waals surface area contributed by atoms with Crippen LogP contribution in [0, 0.1) is 0 Å². The fourth-order valence-corrected chi connectivity index (χ4v) is 4.67. The maximum Gasteiger partial charge on any atom is 0.407 e. The van der Waals surface area contributed by atoms with E-state index in [-0.39, 0.29) is 31.6 Å². The molecular weight excluding hydrogens is 452 g/mol. The third-order valence-electron chi connectivity index (χ3n) is 6.41. The van der Waals surface area contributed by atoms with Gasteiger partial charge in [0, 0.05) is 39.1 Å². The second-order valence-corrected chi connectivity index (χ2v) is 8.49. The molecule has 2 aromatic carbocycles. The number of aliphatic carboxylic acids is 1. The number of carbonyl (C=O) groups is 4. The average Bonchev–Trinajstić information content (AvgIpc) is 3.19. The monoisotopic (exact) mass is 480 g/mol. The number of carboxylic acids is 1. The van der Waals surface area contributed by atoms with Crippen molar-refractivity contribution in [2.45, 2.75) is 18.4 Å². The Hall–Kier alpha value is -4.08. The number of hydrogen-bond acceptors (Lipinski definition) is 5. The molecule has 3 N–H and O–H groups in total. The maximum atomic E-state index is 13.0. The molecule has 0 spiro atoms. The van der Waals surface area contributed by atoms with Crippen LogP contribution in [0.3, 0.4) is 0 Å². The van der Waals surface area contributed by atoms with E-state index in [9.17, 15) is 24.3 Å². The van der Waals surface area contributed by atoms with Crippen LogP contribution in [0.4, 0.5) is 9.59 Å². The second-order valence-electron chi connectivity index (χ2n) is 8.49. The number of carbonyl (C=O) groups excluding carboxylic acids is 3. The molecular formula is C25H28N4O6. The summed E-state index contributed by atoms with van der Waals surface area (Å²) in [6.45, 7) is 1.18. The zero-order chi connectivity index (χ0) is 24.9. The van der Waals surface area contributed by atoms with Gasteiger partial charge < -0.3 is 30.3 Å². The zero-order valence-corrected chi connectivity index (χ0v) is 19.4. The Morgan fingerprint density at radius 1 is 0.943 bits per heavy atom. The Morgan fingerprint density at radius 2 is 1.49 bits per heavy atom. The normalized spacial score (nSPS) is 15.6. The summed E-state index contributed by atoms with van der Waals surface area (Å²) in [6.07, 6.45) is -1.42. The minimum atomic E-state index is -1.27. The fraction of sp³-hybridized carbons (Fsp3) is 0.360. The van der Waals surface area contributed by atoms with E-state index in [1.54, 1.807) is 4.90 Å². The smallest absolute Gasteiger partial charge is 0.407 e. The molecule has 1 fully saturated rings. The number of hydrogen-bond donors (Lipinski definition) is 3. The van der Waals surface area contributed by atoms with Crippen LogP contribution in [0.5, 0.6) is 0 Å². The molecule has 2 aromatic rings. The van der Waals surface area contributed by atoms with Crippen molar-refractivity contribution in [1.29, 1.82) is 0 Å². The van der Waals surface area contributed by atoms with Crippen LogP contribution >= 0.6 is 0 Å². The van der Waals surface area contributed by atoms with E-state index in [4.69, 9.17) is 4.74 Å².